The average Bonchev–Trinajstić information content (AvgIpc) is 2.50. The molecule has 0 bridgehead atoms. The molecule has 1 unspecified atom stereocenters. The molecule has 0 N–H and O–H groups in total. The molecule has 0 saturated carbocycles. The third-order valence-electron chi connectivity index (χ3n) is 3.69. The van der Waals surface area contributed by atoms with Crippen LogP contribution in [0.1, 0.15) is 65.2 Å². The van der Waals surface area contributed by atoms with E-state index in [1.807, 2.05) is 0 Å². The third kappa shape index (κ3) is 4.54. The zero-order valence-electron chi connectivity index (χ0n) is 11.0. The summed E-state index contributed by atoms with van der Waals surface area (Å²) in [6.07, 6.45) is 9.39. The van der Waals surface area contributed by atoms with Gasteiger partial charge in [0.05, 0.1) is 0 Å². The first-order valence-corrected chi connectivity index (χ1v) is 7.05. The van der Waals surface area contributed by atoms with Crippen molar-refractivity contribution >= 4 is 5.91 Å². The molecule has 1 heterocycles. The Morgan fingerprint density at radius 2 is 2.06 bits per heavy atom. The van der Waals surface area contributed by atoms with Gasteiger partial charge in [0.15, 0.2) is 0 Å². The Morgan fingerprint density at radius 3 is 2.75 bits per heavy atom. The smallest absolute Gasteiger partial charge is 0.222 e. The van der Waals surface area contributed by atoms with E-state index in [0.717, 1.165) is 31.8 Å². The number of amides is 1. The molecule has 2 heteroatoms. The lowest BCUT2D eigenvalue weighted by molar-refractivity contribution is -0.131. The lowest BCUT2D eigenvalue weighted by atomic mass is 9.98. The first kappa shape index (κ1) is 13.5. The number of hydrogen-bond donors (Lipinski definition) is 0. The van der Waals surface area contributed by atoms with Gasteiger partial charge in [-0.25, -0.2) is 0 Å². The lowest BCUT2D eigenvalue weighted by Crippen LogP contribution is -2.34. The Bertz CT molecular complexity index is 203. The maximum absolute atomic E-state index is 11.9. The van der Waals surface area contributed by atoms with Gasteiger partial charge in [0.1, 0.15) is 0 Å². The second-order valence-electron chi connectivity index (χ2n) is 5.07. The summed E-state index contributed by atoms with van der Waals surface area (Å²) in [7, 11) is 0. The summed E-state index contributed by atoms with van der Waals surface area (Å²) in [5.41, 5.74) is 0. The second kappa shape index (κ2) is 7.70. The largest absolute Gasteiger partial charge is 0.342 e. The van der Waals surface area contributed by atoms with Crippen LogP contribution < -0.4 is 0 Å². The van der Waals surface area contributed by atoms with Gasteiger partial charge in [0, 0.05) is 19.5 Å². The highest BCUT2D eigenvalue weighted by molar-refractivity contribution is 5.76. The lowest BCUT2D eigenvalue weighted by Gasteiger charge is -2.26. The molecule has 1 aliphatic heterocycles. The van der Waals surface area contributed by atoms with Crippen LogP contribution in [0, 0.1) is 5.92 Å². The van der Waals surface area contributed by atoms with Gasteiger partial charge in [-0.15, -0.1) is 0 Å². The molecular formula is C14H27NO. The number of likely N-dealkylation sites (tertiary alicyclic amines) is 1. The van der Waals surface area contributed by atoms with Gasteiger partial charge >= 0.3 is 0 Å². The molecule has 1 amide bonds. The van der Waals surface area contributed by atoms with E-state index in [-0.39, 0.29) is 0 Å². The van der Waals surface area contributed by atoms with Gasteiger partial charge in [0.25, 0.3) is 0 Å². The van der Waals surface area contributed by atoms with Crippen LogP contribution in [-0.2, 0) is 4.79 Å². The molecule has 94 valence electrons. The molecule has 0 aliphatic carbocycles. The average molecular weight is 225 g/mol. The summed E-state index contributed by atoms with van der Waals surface area (Å²) < 4.78 is 0. The van der Waals surface area contributed by atoms with Gasteiger partial charge in [-0.1, -0.05) is 39.5 Å². The van der Waals surface area contributed by atoms with Gasteiger partial charge in [0.2, 0.25) is 5.91 Å². The van der Waals surface area contributed by atoms with Gasteiger partial charge in [-0.2, -0.15) is 0 Å². The molecule has 1 fully saturated rings. The molecular weight excluding hydrogens is 198 g/mol. The molecule has 2 nitrogen and oxygen atoms in total. The Balaban J connectivity index is 2.38. The number of unbranched alkanes of at least 4 members (excludes halogenated alkanes) is 1. The van der Waals surface area contributed by atoms with E-state index >= 15 is 0 Å². The van der Waals surface area contributed by atoms with Crippen molar-refractivity contribution in [2.24, 2.45) is 5.92 Å². The molecule has 0 spiro atoms. The number of carbonyl (C=O) groups excluding carboxylic acids is 1. The van der Waals surface area contributed by atoms with E-state index in [9.17, 15) is 4.79 Å². The first-order chi connectivity index (χ1) is 7.77. The van der Waals surface area contributed by atoms with Crippen LogP contribution in [0.5, 0.6) is 0 Å². The minimum Gasteiger partial charge on any atom is -0.342 e. The van der Waals surface area contributed by atoms with Crippen LogP contribution in [-0.4, -0.2) is 23.9 Å². The van der Waals surface area contributed by atoms with E-state index in [4.69, 9.17) is 0 Å². The third-order valence-corrected chi connectivity index (χ3v) is 3.69. The van der Waals surface area contributed by atoms with Gasteiger partial charge < -0.3 is 4.90 Å². The van der Waals surface area contributed by atoms with Crippen LogP contribution in [0.25, 0.3) is 0 Å². The molecule has 16 heavy (non-hydrogen) atoms. The van der Waals surface area contributed by atoms with Crippen molar-refractivity contribution in [1.82, 2.24) is 4.90 Å². The van der Waals surface area contributed by atoms with Crippen molar-refractivity contribution in [3.63, 3.8) is 0 Å². The fourth-order valence-electron chi connectivity index (χ4n) is 2.46. The Labute approximate surface area is 100 Å². The predicted octanol–water partition coefficient (Wildman–Crippen LogP) is 3.61. The normalized spacial score (nSPS) is 19.6. The topological polar surface area (TPSA) is 20.3 Å². The number of hydrogen-bond acceptors (Lipinski definition) is 1. The van der Waals surface area contributed by atoms with Crippen LogP contribution in [0.4, 0.5) is 0 Å². The molecule has 0 radical (unpaired) electrons. The van der Waals surface area contributed by atoms with E-state index in [1.165, 1.54) is 38.5 Å². The summed E-state index contributed by atoms with van der Waals surface area (Å²) >= 11 is 0. The Hall–Kier alpha value is -0.530. The summed E-state index contributed by atoms with van der Waals surface area (Å²) in [6, 6.07) is 0. The fraction of sp³-hybridized carbons (Fsp3) is 0.929. The van der Waals surface area contributed by atoms with Crippen molar-refractivity contribution in [3.05, 3.63) is 0 Å². The van der Waals surface area contributed by atoms with Crippen molar-refractivity contribution in [2.75, 3.05) is 13.1 Å². The van der Waals surface area contributed by atoms with E-state index < -0.39 is 0 Å². The van der Waals surface area contributed by atoms with Crippen molar-refractivity contribution in [2.45, 2.75) is 65.2 Å². The molecule has 0 aromatic heterocycles. The summed E-state index contributed by atoms with van der Waals surface area (Å²) in [6.45, 7) is 6.50. The SMILES string of the molecule is CCCCC(CC)CN1CCCCCC1=O. The monoisotopic (exact) mass is 225 g/mol. The summed E-state index contributed by atoms with van der Waals surface area (Å²) in [5, 5.41) is 0. The standard InChI is InChI=1S/C14H27NO/c1-3-5-9-13(4-2)12-15-11-8-6-7-10-14(15)16/h13H,3-12H2,1-2H3. The maximum atomic E-state index is 11.9. The molecule has 1 aliphatic rings. The quantitative estimate of drug-likeness (QED) is 0.676. The Kier molecular flexibility index (Phi) is 6.51. The summed E-state index contributed by atoms with van der Waals surface area (Å²) in [5.74, 6) is 1.12. The zero-order chi connectivity index (χ0) is 11.8. The van der Waals surface area contributed by atoms with Crippen LogP contribution in [0.3, 0.4) is 0 Å². The highest BCUT2D eigenvalue weighted by Gasteiger charge is 2.19. The number of carbonyl (C=O) groups is 1. The molecule has 0 aromatic rings. The summed E-state index contributed by atoms with van der Waals surface area (Å²) in [4.78, 5) is 14.0. The van der Waals surface area contributed by atoms with E-state index in [0.29, 0.717) is 5.91 Å². The molecule has 1 rings (SSSR count). The predicted molar refractivity (Wildman–Crippen MR) is 68.4 cm³/mol. The Morgan fingerprint density at radius 1 is 1.25 bits per heavy atom. The zero-order valence-corrected chi connectivity index (χ0v) is 11.0. The highest BCUT2D eigenvalue weighted by Crippen LogP contribution is 2.18. The van der Waals surface area contributed by atoms with Gasteiger partial charge in [-0.05, 0) is 25.2 Å². The minimum atomic E-state index is 0.396. The first-order valence-electron chi connectivity index (χ1n) is 7.05. The maximum Gasteiger partial charge on any atom is 0.222 e. The second-order valence-corrected chi connectivity index (χ2v) is 5.07. The molecule has 0 aromatic carbocycles. The van der Waals surface area contributed by atoms with Crippen molar-refractivity contribution in [1.29, 1.82) is 0 Å². The van der Waals surface area contributed by atoms with Crippen molar-refractivity contribution in [3.8, 4) is 0 Å². The van der Waals surface area contributed by atoms with Crippen LogP contribution in [0.2, 0.25) is 0 Å². The van der Waals surface area contributed by atoms with E-state index in [1.54, 1.807) is 0 Å². The molecule has 1 atom stereocenters. The highest BCUT2D eigenvalue weighted by atomic mass is 16.2. The number of nitrogens with zero attached hydrogens (tertiary/aromatic N) is 1. The fourth-order valence-corrected chi connectivity index (χ4v) is 2.46. The van der Waals surface area contributed by atoms with Crippen LogP contribution >= 0.6 is 0 Å². The minimum absolute atomic E-state index is 0.396. The van der Waals surface area contributed by atoms with Crippen LogP contribution in [0.15, 0.2) is 0 Å². The molecule has 1 saturated heterocycles. The van der Waals surface area contributed by atoms with Crippen molar-refractivity contribution < 1.29 is 4.79 Å². The van der Waals surface area contributed by atoms with Gasteiger partial charge in [-0.3, -0.25) is 4.79 Å². The van der Waals surface area contributed by atoms with E-state index in [2.05, 4.69) is 18.7 Å². The number of rotatable bonds is 6.